The first-order valence-corrected chi connectivity index (χ1v) is 43.1. The summed E-state index contributed by atoms with van der Waals surface area (Å²) < 4.78 is 151. The first kappa shape index (κ1) is 88.5. The van der Waals surface area contributed by atoms with Gasteiger partial charge in [0.05, 0.1) is 56.2 Å². The van der Waals surface area contributed by atoms with Crippen molar-refractivity contribution in [3.8, 4) is 34.4 Å². The van der Waals surface area contributed by atoms with Crippen molar-refractivity contribution in [2.75, 3.05) is 0 Å². The Morgan fingerprint density at radius 2 is 0.912 bits per heavy atom. The van der Waals surface area contributed by atoms with Crippen molar-refractivity contribution < 1.29 is 66.8 Å². The molecule has 11 heterocycles. The number of ketones is 1. The Labute approximate surface area is 722 Å². The van der Waals surface area contributed by atoms with E-state index < -0.39 is 94.5 Å². The Balaban J connectivity index is 0.000000144. The predicted molar refractivity (Wildman–Crippen MR) is 464 cm³/mol. The lowest BCUT2D eigenvalue weighted by Crippen LogP contribution is -2.41. The molecule has 0 saturated carbocycles. The van der Waals surface area contributed by atoms with Crippen LogP contribution in [0.3, 0.4) is 0 Å². The number of halogens is 5. The molecule has 16 aromatic rings. The van der Waals surface area contributed by atoms with Crippen LogP contribution < -0.4 is 16.6 Å². The molecule has 10 aromatic heterocycles. The van der Waals surface area contributed by atoms with E-state index >= 15 is 0 Å². The van der Waals surface area contributed by atoms with Crippen molar-refractivity contribution in [2.45, 2.75) is 79.5 Å². The molecule has 1 aliphatic rings. The number of fused-ring (bicyclic) bond motifs is 3. The first-order valence-electron chi connectivity index (χ1n) is 37.9. The normalized spacial score (nSPS) is 12.7. The Morgan fingerprint density at radius 3 is 1.37 bits per heavy atom. The summed E-state index contributed by atoms with van der Waals surface area (Å²) in [6.45, 7) is 7.80. The minimum atomic E-state index is -3.92. The van der Waals surface area contributed by atoms with Gasteiger partial charge in [-0.15, -0.1) is 0 Å². The number of hydrogen-bond acceptors (Lipinski definition) is 19. The van der Waals surface area contributed by atoms with Crippen molar-refractivity contribution in [3.63, 3.8) is 0 Å². The SMILES string of the molecule is CC1(C)OB(c2cn(S(=O)(=O)c3ccccc3)c3ncccc23)OC1(C)C.N#Cc1cc(Br)ccn1.N#Cc1cccc(-c2cn(S(=O)(=O)c3ccccc3)c3ncccc23)c1.O=C(CCc1cc(-c2cn(S(=O)(=O)c3ccccc3)c3ncccc23)ccn1)c1cccn(Cc2ccc(F)c(F)c2)c1=O.O=C(O)c1cccn(Cc2ccc(F)c(F)c2)c1=O. The van der Waals surface area contributed by atoms with Crippen LogP contribution >= 0.6 is 15.9 Å². The molecular formula is C91H70BBrF4N12O13S3. The summed E-state index contributed by atoms with van der Waals surface area (Å²) in [6.07, 6.45) is 15.6. The smallest absolute Gasteiger partial charge is 0.477 e. The minimum Gasteiger partial charge on any atom is -0.477 e. The van der Waals surface area contributed by atoms with Gasteiger partial charge in [0.1, 0.15) is 17.3 Å². The van der Waals surface area contributed by atoms with Crippen LogP contribution in [0.2, 0.25) is 0 Å². The second kappa shape index (κ2) is 37.6. The monoisotopic (exact) mass is 1800 g/mol. The molecule has 0 unspecified atom stereocenters. The second-order valence-electron chi connectivity index (χ2n) is 28.9. The largest absolute Gasteiger partial charge is 0.497 e. The quantitative estimate of drug-likeness (QED) is 0.0473. The fraction of sp³-hybridized carbons (Fsp3) is 0.110. The molecule has 0 radical (unpaired) electrons. The molecule has 0 spiro atoms. The van der Waals surface area contributed by atoms with Crippen molar-refractivity contribution in [1.82, 2.24) is 46.0 Å². The number of rotatable bonds is 18. The average molecular weight is 1800 g/mol. The van der Waals surface area contributed by atoms with Crippen molar-refractivity contribution in [2.24, 2.45) is 0 Å². The number of carbonyl (C=O) groups excluding carboxylic acids is 1. The zero-order chi connectivity index (χ0) is 89.1. The van der Waals surface area contributed by atoms with E-state index in [-0.39, 0.29) is 57.4 Å². The molecule has 1 saturated heterocycles. The molecule has 0 amide bonds. The zero-order valence-electron chi connectivity index (χ0n) is 66.5. The molecule has 25 nitrogen and oxygen atoms in total. The van der Waals surface area contributed by atoms with Gasteiger partial charge in [0, 0.05) is 111 Å². The third-order valence-corrected chi connectivity index (χ3v) is 25.6. The van der Waals surface area contributed by atoms with E-state index in [1.54, 1.807) is 189 Å². The van der Waals surface area contributed by atoms with Crippen LogP contribution in [0, 0.1) is 45.9 Å². The van der Waals surface area contributed by atoms with Gasteiger partial charge in [-0.25, -0.2) is 79.5 Å². The number of Topliss-reactive ketones (excluding diaryl/α,β-unsaturated/α-hetero) is 1. The summed E-state index contributed by atoms with van der Waals surface area (Å²) in [6, 6.07) is 65.7. The van der Waals surface area contributed by atoms with Gasteiger partial charge in [0.2, 0.25) is 0 Å². The van der Waals surface area contributed by atoms with Crippen LogP contribution in [0.15, 0.2) is 327 Å². The Hall–Kier alpha value is -14.3. The molecule has 0 bridgehead atoms. The molecule has 125 heavy (non-hydrogen) atoms. The Bertz CT molecular complexity index is 7360. The summed E-state index contributed by atoms with van der Waals surface area (Å²) in [5.41, 5.74) is 4.04. The molecule has 6 aromatic carbocycles. The number of carboxylic acid groups (broad SMARTS) is 1. The van der Waals surface area contributed by atoms with Crippen LogP contribution in [0.5, 0.6) is 0 Å². The molecule has 0 aliphatic carbocycles. The highest BCUT2D eigenvalue weighted by Gasteiger charge is 2.53. The van der Waals surface area contributed by atoms with Crippen molar-refractivity contribution in [3.05, 3.63) is 386 Å². The van der Waals surface area contributed by atoms with E-state index in [0.29, 0.717) is 77.7 Å². The fourth-order valence-electron chi connectivity index (χ4n) is 13.2. The standard InChI is InChI=1S/C33H24F2N4O4S.C20H13N3O2S.C19H21BN2O4S.C13H9F2NO3.C6H3BrN2/c34-29-12-10-22(18-30(29)35)20-38-17-5-9-27(33(38)41)31(40)13-11-24-19-23(14-16-36-24)28-21-39(32-26(28)8-4-15-37-32)44(42,43)25-6-2-1-3-7-25;21-13-15-6-4-7-16(12-15)19-14-23(20-18(19)10-5-11-22-20)26(24,25)17-8-2-1-3-9-17;1-18(2)19(3,4)26-20(25-18)16-13-22(17-15(16)11-8-12-21-17)27(23,24)14-9-6-5-7-10-14;14-10-4-3-8(6-11(10)15)7-16-5-1-2-9(12(16)17)13(18)19;7-5-1-2-9-6(3-5)4-8/h1-10,12,14-19,21H,11,13,20H2;1-12,14H;5-13H,1-4H3;1-6H,7H2,(H,18,19);1-3H. The highest BCUT2D eigenvalue weighted by atomic mass is 79.9. The maximum absolute atomic E-state index is 13.6. The number of nitriles is 2. The van der Waals surface area contributed by atoms with Gasteiger partial charge in [-0.1, -0.05) is 94.8 Å². The lowest BCUT2D eigenvalue weighted by Gasteiger charge is -2.32. The van der Waals surface area contributed by atoms with Gasteiger partial charge in [-0.05, 0) is 214 Å². The molecular weight excluding hydrogens is 1730 g/mol. The van der Waals surface area contributed by atoms with Crippen LogP contribution in [0.1, 0.15) is 82.9 Å². The summed E-state index contributed by atoms with van der Waals surface area (Å²) in [5, 5.41) is 28.3. The van der Waals surface area contributed by atoms with Gasteiger partial charge in [0.25, 0.3) is 41.2 Å². The number of carbonyl (C=O) groups is 2. The summed E-state index contributed by atoms with van der Waals surface area (Å²) in [4.78, 5) is 70.3. The zero-order valence-corrected chi connectivity index (χ0v) is 70.6. The van der Waals surface area contributed by atoms with E-state index in [1.165, 1.54) is 79.8 Å². The molecule has 17 rings (SSSR count). The number of benzene rings is 6. The van der Waals surface area contributed by atoms with Gasteiger partial charge in [0.15, 0.2) is 46.0 Å². The van der Waals surface area contributed by atoms with E-state index in [1.807, 2.05) is 52.0 Å². The highest BCUT2D eigenvalue weighted by Crippen LogP contribution is 2.39. The van der Waals surface area contributed by atoms with E-state index in [2.05, 4.69) is 46.9 Å². The maximum Gasteiger partial charge on any atom is 0.497 e. The second-order valence-corrected chi connectivity index (χ2v) is 35.2. The van der Waals surface area contributed by atoms with E-state index in [9.17, 15) is 62.0 Å². The third kappa shape index (κ3) is 19.6. The Morgan fingerprint density at radius 1 is 0.464 bits per heavy atom. The van der Waals surface area contributed by atoms with Crippen molar-refractivity contribution in [1.29, 1.82) is 10.5 Å². The lowest BCUT2D eigenvalue weighted by atomic mass is 9.79. The highest BCUT2D eigenvalue weighted by molar-refractivity contribution is 9.10. The summed E-state index contributed by atoms with van der Waals surface area (Å²) in [7, 11) is -12.2. The average Bonchev–Trinajstić information content (AvgIpc) is 1.61. The third-order valence-electron chi connectivity index (χ3n) is 20.2. The van der Waals surface area contributed by atoms with Crippen LogP contribution in [0.25, 0.3) is 55.4 Å². The first-order chi connectivity index (χ1) is 59.8. The molecule has 1 N–H and O–H groups in total. The molecule has 1 fully saturated rings. The maximum atomic E-state index is 13.6. The Kier molecular flexibility index (Phi) is 26.6. The van der Waals surface area contributed by atoms with Crippen molar-refractivity contribution >= 4 is 103 Å². The number of pyridine rings is 7. The molecule has 34 heteroatoms. The lowest BCUT2D eigenvalue weighted by molar-refractivity contribution is 0.00578. The van der Waals surface area contributed by atoms with Crippen LogP contribution in [-0.2, 0) is 58.9 Å². The number of aryl methyl sites for hydroxylation is 1. The van der Waals surface area contributed by atoms with Gasteiger partial charge in [-0.3, -0.25) is 19.4 Å². The number of carboxylic acids is 1. The van der Waals surface area contributed by atoms with Gasteiger partial charge < -0.3 is 23.5 Å². The van der Waals surface area contributed by atoms with E-state index in [0.717, 1.165) is 42.8 Å². The summed E-state index contributed by atoms with van der Waals surface area (Å²) in [5.74, 6) is -5.71. The number of aromatic carboxylic acids is 1. The number of nitrogens with zero attached hydrogens (tertiary/aromatic N) is 12. The molecule has 1 aliphatic heterocycles. The minimum absolute atomic E-state index is 0.00736. The van der Waals surface area contributed by atoms with Gasteiger partial charge in [-0.2, -0.15) is 10.5 Å². The van der Waals surface area contributed by atoms with E-state index in [4.69, 9.17) is 24.9 Å². The van der Waals surface area contributed by atoms with Crippen LogP contribution in [0.4, 0.5) is 17.6 Å². The van der Waals surface area contributed by atoms with Crippen LogP contribution in [-0.4, -0.2) is 106 Å². The topological polar surface area (TPSA) is 346 Å². The fourth-order valence-corrected chi connectivity index (χ4v) is 17.5. The molecule has 0 atom stereocenters. The summed E-state index contributed by atoms with van der Waals surface area (Å²) >= 11 is 3.21. The molecule has 628 valence electrons. The number of aromatic nitrogens is 10. The predicted octanol–water partition coefficient (Wildman–Crippen LogP) is 15.6. The van der Waals surface area contributed by atoms with Gasteiger partial charge >= 0.3 is 13.1 Å². The number of hydrogen-bond donors (Lipinski definition) is 1.